The van der Waals surface area contributed by atoms with Crippen molar-refractivity contribution in [3.8, 4) is 11.5 Å². The zero-order chi connectivity index (χ0) is 15.5. The van der Waals surface area contributed by atoms with Crippen molar-refractivity contribution >= 4 is 10.9 Å². The Hall–Kier alpha value is -2.75. The molecular weight excluding hydrogens is 278 g/mol. The van der Waals surface area contributed by atoms with E-state index in [-0.39, 0.29) is 5.56 Å². The van der Waals surface area contributed by atoms with E-state index in [9.17, 15) is 4.79 Å². The van der Waals surface area contributed by atoms with E-state index in [1.807, 2.05) is 48.5 Å². The van der Waals surface area contributed by atoms with Gasteiger partial charge in [-0.1, -0.05) is 12.1 Å². The van der Waals surface area contributed by atoms with Gasteiger partial charge >= 0.3 is 0 Å². The number of nitrogens with zero attached hydrogens (tertiary/aromatic N) is 1. The molecule has 1 aromatic heterocycles. The summed E-state index contributed by atoms with van der Waals surface area (Å²) in [6.07, 6.45) is 0. The fourth-order valence-electron chi connectivity index (χ4n) is 2.49. The van der Waals surface area contributed by atoms with Gasteiger partial charge in [0.25, 0.3) is 5.56 Å². The molecule has 0 spiro atoms. The summed E-state index contributed by atoms with van der Waals surface area (Å²) >= 11 is 0. The van der Waals surface area contributed by atoms with Gasteiger partial charge in [-0.05, 0) is 42.0 Å². The van der Waals surface area contributed by atoms with Crippen LogP contribution in [0.5, 0.6) is 11.5 Å². The summed E-state index contributed by atoms with van der Waals surface area (Å²) in [5.41, 5.74) is 1.92. The minimum atomic E-state index is -0.0199. The van der Waals surface area contributed by atoms with Crippen LogP contribution in [-0.2, 0) is 6.54 Å². The Labute approximate surface area is 128 Å². The standard InChI is InChI=1S/C18H17NO3/c1-21-15-6-3-13(4-7-15)12-19-17-9-8-16(22-2)11-14(17)5-10-18(19)20/h3-11H,12H2,1-2H3. The van der Waals surface area contributed by atoms with E-state index in [4.69, 9.17) is 9.47 Å². The number of pyridine rings is 1. The molecule has 0 aliphatic rings. The summed E-state index contributed by atoms with van der Waals surface area (Å²) in [5, 5.41) is 0.979. The van der Waals surface area contributed by atoms with Gasteiger partial charge in [-0.3, -0.25) is 4.79 Å². The number of rotatable bonds is 4. The third kappa shape index (κ3) is 2.68. The summed E-state index contributed by atoms with van der Waals surface area (Å²) in [7, 11) is 3.27. The third-order valence-electron chi connectivity index (χ3n) is 3.70. The predicted octanol–water partition coefficient (Wildman–Crippen LogP) is 3.07. The van der Waals surface area contributed by atoms with Crippen molar-refractivity contribution in [1.82, 2.24) is 4.57 Å². The lowest BCUT2D eigenvalue weighted by molar-refractivity contribution is 0.414. The summed E-state index contributed by atoms with van der Waals surface area (Å²) in [6, 6.07) is 16.9. The average Bonchev–Trinajstić information content (AvgIpc) is 2.57. The molecule has 0 bridgehead atoms. The molecule has 4 nitrogen and oxygen atoms in total. The van der Waals surface area contributed by atoms with Crippen LogP contribution in [0.15, 0.2) is 59.4 Å². The molecule has 0 aliphatic heterocycles. The first-order valence-electron chi connectivity index (χ1n) is 7.02. The van der Waals surface area contributed by atoms with E-state index in [1.54, 1.807) is 24.9 Å². The number of aromatic nitrogens is 1. The minimum Gasteiger partial charge on any atom is -0.497 e. The second kappa shape index (κ2) is 5.93. The first kappa shape index (κ1) is 14.2. The first-order valence-corrected chi connectivity index (χ1v) is 7.02. The van der Waals surface area contributed by atoms with Crippen LogP contribution in [0.2, 0.25) is 0 Å². The Balaban J connectivity index is 2.04. The highest BCUT2D eigenvalue weighted by Crippen LogP contribution is 2.20. The van der Waals surface area contributed by atoms with Gasteiger partial charge in [0, 0.05) is 11.5 Å². The largest absolute Gasteiger partial charge is 0.497 e. The molecule has 0 amide bonds. The van der Waals surface area contributed by atoms with E-state index in [2.05, 4.69) is 0 Å². The zero-order valence-corrected chi connectivity index (χ0v) is 12.6. The van der Waals surface area contributed by atoms with Crippen LogP contribution >= 0.6 is 0 Å². The number of ether oxygens (including phenoxy) is 2. The number of hydrogen-bond donors (Lipinski definition) is 0. The molecule has 0 saturated heterocycles. The van der Waals surface area contributed by atoms with Crippen molar-refractivity contribution in [1.29, 1.82) is 0 Å². The minimum absolute atomic E-state index is 0.0199. The monoisotopic (exact) mass is 295 g/mol. The number of fused-ring (bicyclic) bond motifs is 1. The lowest BCUT2D eigenvalue weighted by Crippen LogP contribution is -2.19. The molecule has 1 heterocycles. The van der Waals surface area contributed by atoms with Crippen molar-refractivity contribution < 1.29 is 9.47 Å². The van der Waals surface area contributed by atoms with Crippen LogP contribution in [0.25, 0.3) is 10.9 Å². The molecule has 112 valence electrons. The second-order valence-electron chi connectivity index (χ2n) is 5.03. The molecule has 0 aliphatic carbocycles. The number of methoxy groups -OCH3 is 2. The number of benzene rings is 2. The molecule has 3 aromatic rings. The van der Waals surface area contributed by atoms with E-state index < -0.39 is 0 Å². The van der Waals surface area contributed by atoms with Crippen molar-refractivity contribution in [3.05, 3.63) is 70.5 Å². The molecular formula is C18H17NO3. The van der Waals surface area contributed by atoms with Crippen molar-refractivity contribution in [2.45, 2.75) is 6.54 Å². The SMILES string of the molecule is COc1ccc(Cn2c(=O)ccc3cc(OC)ccc32)cc1. The molecule has 22 heavy (non-hydrogen) atoms. The van der Waals surface area contributed by atoms with Gasteiger partial charge in [0.2, 0.25) is 0 Å². The van der Waals surface area contributed by atoms with E-state index in [1.165, 1.54) is 0 Å². The van der Waals surface area contributed by atoms with Gasteiger partial charge in [0.1, 0.15) is 11.5 Å². The Kier molecular flexibility index (Phi) is 3.83. The van der Waals surface area contributed by atoms with Gasteiger partial charge in [-0.2, -0.15) is 0 Å². The van der Waals surface area contributed by atoms with Crippen LogP contribution in [0.1, 0.15) is 5.56 Å². The molecule has 0 unspecified atom stereocenters. The number of hydrogen-bond acceptors (Lipinski definition) is 3. The fourth-order valence-corrected chi connectivity index (χ4v) is 2.49. The predicted molar refractivity (Wildman–Crippen MR) is 86.9 cm³/mol. The van der Waals surface area contributed by atoms with Gasteiger partial charge in [-0.15, -0.1) is 0 Å². The average molecular weight is 295 g/mol. The normalized spacial score (nSPS) is 10.6. The Bertz CT molecular complexity index is 850. The highest BCUT2D eigenvalue weighted by Gasteiger charge is 2.05. The molecule has 3 rings (SSSR count). The third-order valence-corrected chi connectivity index (χ3v) is 3.70. The van der Waals surface area contributed by atoms with E-state index >= 15 is 0 Å². The van der Waals surface area contributed by atoms with Gasteiger partial charge in [0.15, 0.2) is 0 Å². The van der Waals surface area contributed by atoms with Gasteiger partial charge in [0.05, 0.1) is 26.3 Å². The van der Waals surface area contributed by atoms with Crippen molar-refractivity contribution in [3.63, 3.8) is 0 Å². The highest BCUT2D eigenvalue weighted by atomic mass is 16.5. The van der Waals surface area contributed by atoms with Gasteiger partial charge < -0.3 is 14.0 Å². The van der Waals surface area contributed by atoms with Crippen LogP contribution in [0.3, 0.4) is 0 Å². The summed E-state index contributed by atoms with van der Waals surface area (Å²) < 4.78 is 12.2. The Morgan fingerprint density at radius 2 is 1.55 bits per heavy atom. The van der Waals surface area contributed by atoms with Crippen LogP contribution < -0.4 is 15.0 Å². The fraction of sp³-hybridized carbons (Fsp3) is 0.167. The van der Waals surface area contributed by atoms with Gasteiger partial charge in [-0.25, -0.2) is 0 Å². The first-order chi connectivity index (χ1) is 10.7. The molecule has 2 aromatic carbocycles. The quantitative estimate of drug-likeness (QED) is 0.742. The Morgan fingerprint density at radius 3 is 2.23 bits per heavy atom. The molecule has 4 heteroatoms. The summed E-state index contributed by atoms with van der Waals surface area (Å²) in [4.78, 5) is 12.2. The Morgan fingerprint density at radius 1 is 0.864 bits per heavy atom. The van der Waals surface area contributed by atoms with Crippen LogP contribution in [-0.4, -0.2) is 18.8 Å². The topological polar surface area (TPSA) is 40.5 Å². The molecule has 0 fully saturated rings. The maximum atomic E-state index is 12.2. The van der Waals surface area contributed by atoms with E-state index in [0.29, 0.717) is 6.54 Å². The van der Waals surface area contributed by atoms with E-state index in [0.717, 1.165) is 28.0 Å². The van der Waals surface area contributed by atoms with Crippen LogP contribution in [0, 0.1) is 0 Å². The molecule has 0 atom stereocenters. The lowest BCUT2D eigenvalue weighted by atomic mass is 10.1. The maximum Gasteiger partial charge on any atom is 0.251 e. The lowest BCUT2D eigenvalue weighted by Gasteiger charge is -2.11. The zero-order valence-electron chi connectivity index (χ0n) is 12.6. The smallest absolute Gasteiger partial charge is 0.251 e. The maximum absolute atomic E-state index is 12.2. The highest BCUT2D eigenvalue weighted by molar-refractivity contribution is 5.80. The van der Waals surface area contributed by atoms with Crippen molar-refractivity contribution in [2.24, 2.45) is 0 Å². The molecule has 0 saturated carbocycles. The van der Waals surface area contributed by atoms with Crippen molar-refractivity contribution in [2.75, 3.05) is 14.2 Å². The molecule has 0 N–H and O–H groups in total. The second-order valence-corrected chi connectivity index (χ2v) is 5.03. The summed E-state index contributed by atoms with van der Waals surface area (Å²) in [6.45, 7) is 0.520. The summed E-state index contributed by atoms with van der Waals surface area (Å²) in [5.74, 6) is 1.58. The van der Waals surface area contributed by atoms with Crippen LogP contribution in [0.4, 0.5) is 0 Å². The molecule has 0 radical (unpaired) electrons.